The number of carbonyl (C=O) groups excluding carboxylic acids is 1. The number of amides is 1. The Kier molecular flexibility index (Phi) is 5.50. The number of nitrogens with one attached hydrogen (secondary N) is 3. The molecule has 0 spiro atoms. The lowest BCUT2D eigenvalue weighted by Gasteiger charge is -2.11. The minimum absolute atomic E-state index is 0.0879. The molecule has 34 heavy (non-hydrogen) atoms. The Morgan fingerprint density at radius 3 is 2.56 bits per heavy atom. The molecule has 0 aliphatic carbocycles. The second-order valence-corrected chi connectivity index (χ2v) is 8.30. The average Bonchev–Trinajstić information content (AvgIpc) is 3.51. The first-order valence-electron chi connectivity index (χ1n) is 10.1. The monoisotopic (exact) mass is 479 g/mol. The Morgan fingerprint density at radius 2 is 1.76 bits per heavy atom. The van der Waals surface area contributed by atoms with Crippen molar-refractivity contribution < 1.29 is 18.0 Å². The molecule has 0 unspecified atom stereocenters. The van der Waals surface area contributed by atoms with Gasteiger partial charge in [-0.15, -0.1) is 11.3 Å². The van der Waals surface area contributed by atoms with E-state index in [1.165, 1.54) is 12.1 Å². The molecule has 6 nitrogen and oxygen atoms in total. The van der Waals surface area contributed by atoms with E-state index in [2.05, 4.69) is 25.6 Å². The van der Waals surface area contributed by atoms with Crippen LogP contribution in [0.5, 0.6) is 0 Å². The molecule has 5 rings (SSSR count). The fraction of sp³-hybridized carbons (Fsp3) is 0.0417. The molecule has 0 aliphatic rings. The number of halogens is 3. The SMILES string of the molecule is O=C(Nc1cccc(Nc2nc(-c3cccs3)c3[nH]ccc3n2)c1)c1cccc(C(F)(F)F)c1. The molecule has 0 saturated heterocycles. The molecule has 0 bridgehead atoms. The number of aromatic amines is 1. The number of nitrogens with zero attached hydrogens (tertiary/aromatic N) is 2. The second-order valence-electron chi connectivity index (χ2n) is 7.35. The molecule has 0 atom stereocenters. The molecule has 0 fully saturated rings. The summed E-state index contributed by atoms with van der Waals surface area (Å²) in [6.07, 6.45) is -2.73. The number of benzene rings is 2. The van der Waals surface area contributed by atoms with Crippen molar-refractivity contribution in [3.8, 4) is 10.6 Å². The zero-order chi connectivity index (χ0) is 23.7. The molecule has 170 valence electrons. The Labute approximate surface area is 195 Å². The summed E-state index contributed by atoms with van der Waals surface area (Å²) in [6.45, 7) is 0. The van der Waals surface area contributed by atoms with Crippen LogP contribution in [0.1, 0.15) is 15.9 Å². The number of hydrogen-bond donors (Lipinski definition) is 3. The number of anilines is 3. The number of fused-ring (bicyclic) bond motifs is 1. The van der Waals surface area contributed by atoms with Gasteiger partial charge in [0.1, 0.15) is 5.69 Å². The van der Waals surface area contributed by atoms with Gasteiger partial charge in [-0.3, -0.25) is 4.79 Å². The van der Waals surface area contributed by atoms with Crippen molar-refractivity contribution >= 4 is 45.6 Å². The van der Waals surface area contributed by atoms with E-state index in [9.17, 15) is 18.0 Å². The number of rotatable bonds is 5. The third-order valence-electron chi connectivity index (χ3n) is 4.99. The van der Waals surface area contributed by atoms with Crippen LogP contribution in [0, 0.1) is 0 Å². The molecule has 3 N–H and O–H groups in total. The van der Waals surface area contributed by atoms with Gasteiger partial charge < -0.3 is 15.6 Å². The van der Waals surface area contributed by atoms with Crippen LogP contribution in [0.15, 0.2) is 78.3 Å². The summed E-state index contributed by atoms with van der Waals surface area (Å²) in [5, 5.41) is 7.74. The summed E-state index contributed by atoms with van der Waals surface area (Å²) in [5.41, 5.74) is 2.39. The predicted octanol–water partition coefficient (Wildman–Crippen LogP) is 6.70. The van der Waals surface area contributed by atoms with Crippen LogP contribution >= 0.6 is 11.3 Å². The Hall–Kier alpha value is -4.18. The minimum Gasteiger partial charge on any atom is -0.358 e. The first-order chi connectivity index (χ1) is 16.4. The van der Waals surface area contributed by atoms with Crippen molar-refractivity contribution in [2.75, 3.05) is 10.6 Å². The summed E-state index contributed by atoms with van der Waals surface area (Å²) in [6, 6.07) is 16.8. The Balaban J connectivity index is 1.38. The van der Waals surface area contributed by atoms with Gasteiger partial charge in [0.2, 0.25) is 5.95 Å². The van der Waals surface area contributed by atoms with Crippen molar-refractivity contribution in [1.29, 1.82) is 0 Å². The lowest BCUT2D eigenvalue weighted by molar-refractivity contribution is -0.137. The van der Waals surface area contributed by atoms with E-state index in [0.29, 0.717) is 17.3 Å². The predicted molar refractivity (Wildman–Crippen MR) is 126 cm³/mol. The van der Waals surface area contributed by atoms with Gasteiger partial charge in [0.15, 0.2) is 0 Å². The highest BCUT2D eigenvalue weighted by Gasteiger charge is 2.30. The Morgan fingerprint density at radius 1 is 0.941 bits per heavy atom. The van der Waals surface area contributed by atoms with Crippen LogP contribution in [0.25, 0.3) is 21.6 Å². The maximum absolute atomic E-state index is 13.0. The summed E-state index contributed by atoms with van der Waals surface area (Å²) in [4.78, 5) is 25.9. The Bertz CT molecular complexity index is 1480. The molecule has 2 aromatic carbocycles. The zero-order valence-electron chi connectivity index (χ0n) is 17.4. The van der Waals surface area contributed by atoms with Crippen LogP contribution in [0.4, 0.5) is 30.5 Å². The van der Waals surface area contributed by atoms with Gasteiger partial charge in [-0.1, -0.05) is 18.2 Å². The largest absolute Gasteiger partial charge is 0.416 e. The van der Waals surface area contributed by atoms with Gasteiger partial charge in [0.05, 0.1) is 21.5 Å². The third kappa shape index (κ3) is 4.48. The second kappa shape index (κ2) is 8.64. The van der Waals surface area contributed by atoms with Crippen molar-refractivity contribution in [1.82, 2.24) is 15.0 Å². The topological polar surface area (TPSA) is 82.7 Å². The molecule has 0 radical (unpaired) electrons. The highest BCUT2D eigenvalue weighted by Crippen LogP contribution is 2.31. The van der Waals surface area contributed by atoms with Crippen molar-refractivity contribution in [3.05, 3.63) is 89.4 Å². The van der Waals surface area contributed by atoms with Crippen LogP contribution in [0.2, 0.25) is 0 Å². The van der Waals surface area contributed by atoms with E-state index >= 15 is 0 Å². The van der Waals surface area contributed by atoms with E-state index in [1.54, 1.807) is 41.8 Å². The maximum Gasteiger partial charge on any atom is 0.416 e. The number of carbonyl (C=O) groups is 1. The molecule has 0 saturated carbocycles. The fourth-order valence-electron chi connectivity index (χ4n) is 3.44. The molecule has 10 heteroatoms. The first kappa shape index (κ1) is 21.7. The fourth-order valence-corrected chi connectivity index (χ4v) is 4.16. The zero-order valence-corrected chi connectivity index (χ0v) is 18.2. The number of thiophene rings is 1. The molecule has 0 aliphatic heterocycles. The van der Waals surface area contributed by atoms with Gasteiger partial charge in [-0.25, -0.2) is 9.97 Å². The van der Waals surface area contributed by atoms with E-state index in [-0.39, 0.29) is 5.56 Å². The smallest absolute Gasteiger partial charge is 0.358 e. The van der Waals surface area contributed by atoms with Gasteiger partial charge in [0.25, 0.3) is 5.91 Å². The molecule has 3 aromatic heterocycles. The summed E-state index contributed by atoms with van der Waals surface area (Å²) >= 11 is 1.56. The quantitative estimate of drug-likeness (QED) is 0.262. The van der Waals surface area contributed by atoms with Crippen LogP contribution in [-0.2, 0) is 6.18 Å². The molecule has 5 aromatic rings. The standard InChI is InChI=1S/C24H16F3N5OS/c25-24(26,27)15-5-1-4-14(12-15)22(33)29-16-6-2-7-17(13-16)30-23-31-18-9-10-28-20(18)21(32-23)19-8-3-11-34-19/h1-13,28H,(H,29,33)(H,30,31,32). The first-order valence-corrected chi connectivity index (χ1v) is 11.0. The number of aromatic nitrogens is 3. The van der Waals surface area contributed by atoms with E-state index in [4.69, 9.17) is 0 Å². The molecular weight excluding hydrogens is 463 g/mol. The lowest BCUT2D eigenvalue weighted by Crippen LogP contribution is -2.14. The van der Waals surface area contributed by atoms with E-state index in [1.807, 2.05) is 23.6 Å². The van der Waals surface area contributed by atoms with Gasteiger partial charge in [0, 0.05) is 23.1 Å². The number of hydrogen-bond acceptors (Lipinski definition) is 5. The summed E-state index contributed by atoms with van der Waals surface area (Å²) in [5.74, 6) is -0.273. The van der Waals surface area contributed by atoms with E-state index < -0.39 is 17.6 Å². The minimum atomic E-state index is -4.53. The normalized spacial score (nSPS) is 11.5. The summed E-state index contributed by atoms with van der Waals surface area (Å²) in [7, 11) is 0. The van der Waals surface area contributed by atoms with Crippen LogP contribution < -0.4 is 10.6 Å². The third-order valence-corrected chi connectivity index (χ3v) is 5.87. The molecule has 3 heterocycles. The maximum atomic E-state index is 13.0. The van der Waals surface area contributed by atoms with Gasteiger partial charge in [-0.2, -0.15) is 13.2 Å². The highest BCUT2D eigenvalue weighted by atomic mass is 32.1. The van der Waals surface area contributed by atoms with E-state index in [0.717, 1.165) is 33.7 Å². The highest BCUT2D eigenvalue weighted by molar-refractivity contribution is 7.13. The van der Waals surface area contributed by atoms with Crippen molar-refractivity contribution in [2.45, 2.75) is 6.18 Å². The van der Waals surface area contributed by atoms with Gasteiger partial charge in [-0.05, 0) is 53.9 Å². The molecular formula is C24H16F3N5OS. The molecule has 1 amide bonds. The number of H-pyrrole nitrogens is 1. The number of alkyl halides is 3. The average molecular weight is 479 g/mol. The van der Waals surface area contributed by atoms with Crippen molar-refractivity contribution in [2.24, 2.45) is 0 Å². The van der Waals surface area contributed by atoms with Crippen LogP contribution in [0.3, 0.4) is 0 Å². The van der Waals surface area contributed by atoms with Crippen LogP contribution in [-0.4, -0.2) is 20.9 Å². The lowest BCUT2D eigenvalue weighted by atomic mass is 10.1. The van der Waals surface area contributed by atoms with Gasteiger partial charge >= 0.3 is 6.18 Å². The summed E-state index contributed by atoms with van der Waals surface area (Å²) < 4.78 is 38.9. The van der Waals surface area contributed by atoms with Crippen molar-refractivity contribution in [3.63, 3.8) is 0 Å².